The molecule has 9 heteroatoms. The van der Waals surface area contributed by atoms with Gasteiger partial charge in [-0.25, -0.2) is 4.79 Å². The van der Waals surface area contributed by atoms with E-state index in [0.29, 0.717) is 5.02 Å². The first kappa shape index (κ1) is 19.1. The van der Waals surface area contributed by atoms with E-state index in [9.17, 15) is 22.8 Å². The molecule has 25 heavy (non-hydrogen) atoms. The Morgan fingerprint density at radius 1 is 1.08 bits per heavy atom. The van der Waals surface area contributed by atoms with Gasteiger partial charge in [-0.1, -0.05) is 29.3 Å². The number of hydrogen-bond acceptors (Lipinski definition) is 3. The summed E-state index contributed by atoms with van der Waals surface area (Å²) in [5.41, 5.74) is -0.964. The lowest BCUT2D eigenvalue weighted by Gasteiger charge is -2.10. The van der Waals surface area contributed by atoms with E-state index >= 15 is 0 Å². The molecule has 132 valence electrons. The highest BCUT2D eigenvalue weighted by molar-refractivity contribution is 6.36. The maximum absolute atomic E-state index is 12.6. The van der Waals surface area contributed by atoms with Crippen LogP contribution < -0.4 is 5.32 Å². The van der Waals surface area contributed by atoms with Crippen LogP contribution in [0.25, 0.3) is 0 Å². The van der Waals surface area contributed by atoms with E-state index in [4.69, 9.17) is 27.9 Å². The van der Waals surface area contributed by atoms with E-state index in [1.54, 1.807) is 0 Å². The molecule has 0 spiro atoms. The monoisotopic (exact) mass is 391 g/mol. The molecule has 2 aromatic rings. The summed E-state index contributed by atoms with van der Waals surface area (Å²) in [4.78, 5) is 23.6. The Hall–Kier alpha value is -2.25. The minimum absolute atomic E-state index is 0.0120. The van der Waals surface area contributed by atoms with Gasteiger partial charge >= 0.3 is 12.1 Å². The molecule has 0 aliphatic carbocycles. The molecule has 0 aliphatic rings. The number of esters is 1. The minimum atomic E-state index is -4.53. The number of carbonyl (C=O) groups is 2. The molecular formula is C16H10Cl2F3NO3. The third kappa shape index (κ3) is 5.37. The molecule has 0 heterocycles. The number of nitrogens with one attached hydrogen (secondary N) is 1. The van der Waals surface area contributed by atoms with E-state index in [1.165, 1.54) is 24.3 Å². The lowest BCUT2D eigenvalue weighted by molar-refractivity contribution is -0.137. The van der Waals surface area contributed by atoms with Crippen LogP contribution in [0.15, 0.2) is 42.5 Å². The Morgan fingerprint density at radius 2 is 1.80 bits per heavy atom. The van der Waals surface area contributed by atoms with Gasteiger partial charge in [-0.2, -0.15) is 13.2 Å². The standard InChI is InChI=1S/C16H10Cl2F3NO3/c17-10-4-5-12(13(18)7-10)15(24)25-8-14(23)22-11-3-1-2-9(6-11)16(19,20)21/h1-7H,8H2,(H,22,23). The predicted octanol–water partition coefficient (Wildman–Crippen LogP) is 4.81. The Bertz CT molecular complexity index is 809. The third-order valence-corrected chi connectivity index (χ3v) is 3.51. The van der Waals surface area contributed by atoms with Crippen LogP contribution in [0.1, 0.15) is 15.9 Å². The number of hydrogen-bond donors (Lipinski definition) is 1. The van der Waals surface area contributed by atoms with Crippen molar-refractivity contribution in [3.8, 4) is 0 Å². The summed E-state index contributed by atoms with van der Waals surface area (Å²) in [6.45, 7) is -0.686. The van der Waals surface area contributed by atoms with Crippen LogP contribution in [-0.2, 0) is 15.7 Å². The second kappa shape index (κ2) is 7.76. The molecule has 1 N–H and O–H groups in total. The fourth-order valence-corrected chi connectivity index (χ4v) is 2.32. The average Bonchev–Trinajstić information content (AvgIpc) is 2.52. The topological polar surface area (TPSA) is 55.4 Å². The summed E-state index contributed by atoms with van der Waals surface area (Å²) in [5, 5.41) is 2.59. The van der Waals surface area contributed by atoms with Crippen LogP contribution >= 0.6 is 23.2 Å². The van der Waals surface area contributed by atoms with Crippen molar-refractivity contribution in [2.75, 3.05) is 11.9 Å². The van der Waals surface area contributed by atoms with Gasteiger partial charge in [0.1, 0.15) is 0 Å². The Kier molecular flexibility index (Phi) is 5.92. The maximum Gasteiger partial charge on any atom is 0.416 e. The zero-order valence-electron chi connectivity index (χ0n) is 12.4. The van der Waals surface area contributed by atoms with Crippen molar-refractivity contribution in [1.29, 1.82) is 0 Å². The molecule has 2 aromatic carbocycles. The van der Waals surface area contributed by atoms with Crippen LogP contribution in [0.4, 0.5) is 18.9 Å². The molecule has 0 saturated carbocycles. The molecule has 0 fully saturated rings. The van der Waals surface area contributed by atoms with Gasteiger partial charge in [-0.05, 0) is 36.4 Å². The predicted molar refractivity (Wildman–Crippen MR) is 86.8 cm³/mol. The first-order chi connectivity index (χ1) is 11.7. The van der Waals surface area contributed by atoms with Gasteiger partial charge in [-0.15, -0.1) is 0 Å². The number of alkyl halides is 3. The Labute approximate surface area is 150 Å². The van der Waals surface area contributed by atoms with Gasteiger partial charge in [0.25, 0.3) is 5.91 Å². The van der Waals surface area contributed by atoms with E-state index < -0.39 is 30.2 Å². The van der Waals surface area contributed by atoms with E-state index in [0.717, 1.165) is 18.2 Å². The first-order valence-electron chi connectivity index (χ1n) is 6.76. The van der Waals surface area contributed by atoms with Crippen molar-refractivity contribution in [3.05, 3.63) is 63.6 Å². The van der Waals surface area contributed by atoms with Gasteiger partial charge < -0.3 is 10.1 Å². The average molecular weight is 392 g/mol. The highest BCUT2D eigenvalue weighted by Crippen LogP contribution is 2.30. The van der Waals surface area contributed by atoms with Crippen molar-refractivity contribution in [3.63, 3.8) is 0 Å². The number of amides is 1. The molecule has 0 aliphatic heterocycles. The summed E-state index contributed by atoms with van der Waals surface area (Å²) >= 11 is 11.5. The molecule has 0 bridgehead atoms. The number of carbonyl (C=O) groups excluding carboxylic acids is 2. The minimum Gasteiger partial charge on any atom is -0.452 e. The van der Waals surface area contributed by atoms with Gasteiger partial charge in [0.2, 0.25) is 0 Å². The lowest BCUT2D eigenvalue weighted by atomic mass is 10.2. The fourth-order valence-electron chi connectivity index (χ4n) is 1.83. The molecule has 1 amide bonds. The summed E-state index contributed by atoms with van der Waals surface area (Å²) in [6.07, 6.45) is -4.53. The van der Waals surface area contributed by atoms with Gasteiger partial charge in [0.05, 0.1) is 16.1 Å². The van der Waals surface area contributed by atoms with Crippen LogP contribution in [0, 0.1) is 0 Å². The highest BCUT2D eigenvalue weighted by Gasteiger charge is 2.30. The molecule has 2 rings (SSSR count). The highest BCUT2D eigenvalue weighted by atomic mass is 35.5. The largest absolute Gasteiger partial charge is 0.452 e. The van der Waals surface area contributed by atoms with Crippen molar-refractivity contribution in [2.45, 2.75) is 6.18 Å². The molecule has 0 saturated heterocycles. The van der Waals surface area contributed by atoms with Crippen LogP contribution in [-0.4, -0.2) is 18.5 Å². The lowest BCUT2D eigenvalue weighted by Crippen LogP contribution is -2.21. The van der Waals surface area contributed by atoms with Gasteiger partial charge in [-0.3, -0.25) is 4.79 Å². The van der Waals surface area contributed by atoms with E-state index in [-0.39, 0.29) is 16.3 Å². The second-order valence-electron chi connectivity index (χ2n) is 4.83. The summed E-state index contributed by atoms with van der Waals surface area (Å²) in [5.74, 6) is -1.65. The zero-order chi connectivity index (χ0) is 18.6. The first-order valence-corrected chi connectivity index (χ1v) is 7.51. The number of benzene rings is 2. The quantitative estimate of drug-likeness (QED) is 0.761. The van der Waals surface area contributed by atoms with Crippen LogP contribution in [0.5, 0.6) is 0 Å². The molecule has 0 atom stereocenters. The van der Waals surface area contributed by atoms with Crippen molar-refractivity contribution < 1.29 is 27.5 Å². The smallest absolute Gasteiger partial charge is 0.416 e. The molecule has 0 aromatic heterocycles. The third-order valence-electron chi connectivity index (χ3n) is 2.96. The van der Waals surface area contributed by atoms with Crippen LogP contribution in [0.3, 0.4) is 0 Å². The number of halogens is 5. The molecule has 4 nitrogen and oxygen atoms in total. The normalized spacial score (nSPS) is 11.1. The molecule has 0 radical (unpaired) electrons. The Balaban J connectivity index is 1.96. The van der Waals surface area contributed by atoms with E-state index in [1.807, 2.05) is 0 Å². The summed E-state index contributed by atoms with van der Waals surface area (Å²) in [6, 6.07) is 8.17. The SMILES string of the molecule is O=C(COC(=O)c1ccc(Cl)cc1Cl)Nc1cccc(C(F)(F)F)c1. The molecule has 0 unspecified atom stereocenters. The van der Waals surface area contributed by atoms with Crippen molar-refractivity contribution >= 4 is 40.8 Å². The van der Waals surface area contributed by atoms with Gasteiger partial charge in [0.15, 0.2) is 6.61 Å². The Morgan fingerprint density at radius 3 is 2.44 bits per heavy atom. The van der Waals surface area contributed by atoms with Crippen molar-refractivity contribution in [2.24, 2.45) is 0 Å². The molecular weight excluding hydrogens is 382 g/mol. The second-order valence-corrected chi connectivity index (χ2v) is 5.67. The summed E-state index contributed by atoms with van der Waals surface area (Å²) in [7, 11) is 0. The number of rotatable bonds is 4. The zero-order valence-corrected chi connectivity index (χ0v) is 13.9. The fraction of sp³-hybridized carbons (Fsp3) is 0.125. The van der Waals surface area contributed by atoms with Crippen molar-refractivity contribution in [1.82, 2.24) is 0 Å². The number of anilines is 1. The van der Waals surface area contributed by atoms with Crippen LogP contribution in [0.2, 0.25) is 10.0 Å². The number of ether oxygens (including phenoxy) is 1. The maximum atomic E-state index is 12.6. The van der Waals surface area contributed by atoms with Gasteiger partial charge in [0, 0.05) is 10.7 Å². The van der Waals surface area contributed by atoms with E-state index in [2.05, 4.69) is 5.32 Å². The summed E-state index contributed by atoms with van der Waals surface area (Å²) < 4.78 is 42.6.